The minimum atomic E-state index is -0.0586. The van der Waals surface area contributed by atoms with Gasteiger partial charge >= 0.3 is 0 Å². The fourth-order valence-corrected chi connectivity index (χ4v) is 3.52. The zero-order valence-corrected chi connectivity index (χ0v) is 15.7. The Hall–Kier alpha value is -2.56. The first kappa shape index (κ1) is 18.2. The van der Waals surface area contributed by atoms with Crippen molar-refractivity contribution in [2.24, 2.45) is 0 Å². The molecular weight excluding hydrogens is 328 g/mol. The van der Waals surface area contributed by atoms with E-state index in [0.717, 1.165) is 18.8 Å². The van der Waals surface area contributed by atoms with Gasteiger partial charge in [-0.25, -0.2) is 0 Å². The highest BCUT2D eigenvalue weighted by molar-refractivity contribution is 5.95. The van der Waals surface area contributed by atoms with E-state index in [2.05, 4.69) is 23.2 Å². The molecule has 1 amide bonds. The molecule has 0 aliphatic carbocycles. The van der Waals surface area contributed by atoms with Gasteiger partial charge in [-0.15, -0.1) is 0 Å². The molecule has 5 heteroatoms. The van der Waals surface area contributed by atoms with Crippen LogP contribution in [0, 0.1) is 13.8 Å². The molecule has 1 saturated heterocycles. The van der Waals surface area contributed by atoms with Crippen molar-refractivity contribution in [1.29, 1.82) is 0 Å². The first-order valence-electron chi connectivity index (χ1n) is 9.20. The lowest BCUT2D eigenvalue weighted by Gasteiger charge is -2.20. The van der Waals surface area contributed by atoms with E-state index in [4.69, 9.17) is 4.42 Å². The van der Waals surface area contributed by atoms with Crippen molar-refractivity contribution in [3.05, 3.63) is 46.9 Å². The lowest BCUT2D eigenvalue weighted by Crippen LogP contribution is -2.19. The molecule has 26 heavy (non-hydrogen) atoms. The number of benzene rings is 1. The maximum atomic E-state index is 12.2. The molecule has 0 saturated carbocycles. The van der Waals surface area contributed by atoms with Gasteiger partial charge in [0.25, 0.3) is 0 Å². The van der Waals surface area contributed by atoms with Crippen LogP contribution < -0.4 is 10.2 Å². The summed E-state index contributed by atoms with van der Waals surface area (Å²) in [5.74, 6) is 1.21. The predicted octanol–water partition coefficient (Wildman–Crippen LogP) is 4.27. The Bertz CT molecular complexity index is 817. The van der Waals surface area contributed by atoms with Crippen LogP contribution in [0.3, 0.4) is 0 Å². The largest absolute Gasteiger partial charge is 0.466 e. The zero-order valence-electron chi connectivity index (χ0n) is 15.7. The molecule has 1 aliphatic heterocycles. The van der Waals surface area contributed by atoms with Gasteiger partial charge in [-0.3, -0.25) is 9.59 Å². The number of carbonyl (C=O) groups is 2. The second-order valence-electron chi connectivity index (χ2n) is 6.98. The summed E-state index contributed by atoms with van der Waals surface area (Å²) >= 11 is 0. The number of hydrogen-bond donors (Lipinski definition) is 1. The fourth-order valence-electron chi connectivity index (χ4n) is 3.52. The summed E-state index contributed by atoms with van der Waals surface area (Å²) in [6.45, 7) is 7.58. The number of amides is 1. The number of carbonyl (C=O) groups excluding carboxylic acids is 2. The van der Waals surface area contributed by atoms with Crippen molar-refractivity contribution in [2.45, 2.75) is 46.5 Å². The van der Waals surface area contributed by atoms with Crippen LogP contribution in [0.5, 0.6) is 0 Å². The highest BCUT2D eigenvalue weighted by atomic mass is 16.3. The van der Waals surface area contributed by atoms with Gasteiger partial charge < -0.3 is 14.6 Å². The Kier molecular flexibility index (Phi) is 5.45. The molecule has 0 radical (unpaired) electrons. The van der Waals surface area contributed by atoms with E-state index in [-0.39, 0.29) is 11.7 Å². The Balaban J connectivity index is 1.57. The van der Waals surface area contributed by atoms with Crippen molar-refractivity contribution in [3.8, 4) is 0 Å². The van der Waals surface area contributed by atoms with Crippen LogP contribution in [-0.2, 0) is 11.2 Å². The number of furan rings is 1. The second kappa shape index (κ2) is 7.77. The Morgan fingerprint density at radius 2 is 1.88 bits per heavy atom. The number of aryl methyl sites for hydroxylation is 3. The molecule has 2 heterocycles. The van der Waals surface area contributed by atoms with Gasteiger partial charge in [0.1, 0.15) is 11.5 Å². The van der Waals surface area contributed by atoms with Gasteiger partial charge in [0.15, 0.2) is 5.78 Å². The minimum Gasteiger partial charge on any atom is -0.466 e. The molecule has 0 atom stereocenters. The van der Waals surface area contributed by atoms with Gasteiger partial charge in [-0.1, -0.05) is 0 Å². The van der Waals surface area contributed by atoms with Crippen LogP contribution in [-0.4, -0.2) is 24.8 Å². The Labute approximate surface area is 154 Å². The molecule has 1 N–H and O–H groups in total. The summed E-state index contributed by atoms with van der Waals surface area (Å²) in [7, 11) is 0. The highest BCUT2D eigenvalue weighted by Crippen LogP contribution is 2.27. The topological polar surface area (TPSA) is 62.6 Å². The SMILES string of the molecule is CC(=O)c1cc(CCC(=O)Nc2ccc(N3CCCC3)c(C)c2)oc1C. The van der Waals surface area contributed by atoms with Crippen LogP contribution >= 0.6 is 0 Å². The summed E-state index contributed by atoms with van der Waals surface area (Å²) in [5, 5.41) is 2.95. The minimum absolute atomic E-state index is 0.0180. The third-order valence-corrected chi connectivity index (χ3v) is 4.87. The number of hydrogen-bond acceptors (Lipinski definition) is 4. The molecule has 138 valence electrons. The quantitative estimate of drug-likeness (QED) is 0.787. The Morgan fingerprint density at radius 3 is 2.50 bits per heavy atom. The third kappa shape index (κ3) is 4.15. The summed E-state index contributed by atoms with van der Waals surface area (Å²) in [4.78, 5) is 26.1. The molecule has 0 unspecified atom stereocenters. The summed E-state index contributed by atoms with van der Waals surface area (Å²) < 4.78 is 5.56. The highest BCUT2D eigenvalue weighted by Gasteiger charge is 2.15. The zero-order chi connectivity index (χ0) is 18.7. The van der Waals surface area contributed by atoms with Gasteiger partial charge in [0.05, 0.1) is 5.56 Å². The average molecular weight is 354 g/mol. The van der Waals surface area contributed by atoms with Crippen molar-refractivity contribution < 1.29 is 14.0 Å². The van der Waals surface area contributed by atoms with Gasteiger partial charge in [-0.05, 0) is 63.4 Å². The Morgan fingerprint density at radius 1 is 1.15 bits per heavy atom. The first-order chi connectivity index (χ1) is 12.4. The molecule has 2 aromatic rings. The summed E-state index contributed by atoms with van der Waals surface area (Å²) in [6, 6.07) is 7.81. The maximum Gasteiger partial charge on any atom is 0.224 e. The van der Waals surface area contributed by atoms with Crippen molar-refractivity contribution in [1.82, 2.24) is 0 Å². The molecule has 1 aromatic heterocycles. The van der Waals surface area contributed by atoms with E-state index in [1.54, 1.807) is 13.0 Å². The van der Waals surface area contributed by atoms with E-state index >= 15 is 0 Å². The third-order valence-electron chi connectivity index (χ3n) is 4.87. The van der Waals surface area contributed by atoms with Crippen LogP contribution in [0.4, 0.5) is 11.4 Å². The van der Waals surface area contributed by atoms with Crippen molar-refractivity contribution in [3.63, 3.8) is 0 Å². The number of nitrogens with zero attached hydrogens (tertiary/aromatic N) is 1. The van der Waals surface area contributed by atoms with E-state index in [0.29, 0.717) is 29.9 Å². The number of nitrogens with one attached hydrogen (secondary N) is 1. The molecule has 1 aromatic carbocycles. The molecule has 0 spiro atoms. The van der Waals surface area contributed by atoms with Crippen molar-refractivity contribution in [2.75, 3.05) is 23.3 Å². The molecular formula is C21H26N2O3. The lowest BCUT2D eigenvalue weighted by molar-refractivity contribution is -0.116. The summed E-state index contributed by atoms with van der Waals surface area (Å²) in [6.07, 6.45) is 3.28. The normalized spacial score (nSPS) is 13.9. The number of rotatable bonds is 6. The number of ketones is 1. The number of Topliss-reactive ketones (excluding diaryl/α,β-unsaturated/α-hetero) is 1. The number of anilines is 2. The van der Waals surface area contributed by atoms with Gasteiger partial charge in [0, 0.05) is 37.3 Å². The fraction of sp³-hybridized carbons (Fsp3) is 0.429. The van der Waals surface area contributed by atoms with Gasteiger partial charge in [-0.2, -0.15) is 0 Å². The predicted molar refractivity (Wildman–Crippen MR) is 103 cm³/mol. The maximum absolute atomic E-state index is 12.2. The van der Waals surface area contributed by atoms with Crippen LogP contribution in [0.15, 0.2) is 28.7 Å². The molecule has 1 fully saturated rings. The summed E-state index contributed by atoms with van der Waals surface area (Å²) in [5.41, 5.74) is 3.84. The molecule has 3 rings (SSSR count). The molecule has 0 bridgehead atoms. The van der Waals surface area contributed by atoms with Crippen molar-refractivity contribution >= 4 is 23.1 Å². The lowest BCUT2D eigenvalue weighted by atomic mass is 10.1. The van der Waals surface area contributed by atoms with E-state index in [9.17, 15) is 9.59 Å². The molecule has 1 aliphatic rings. The average Bonchev–Trinajstić information content (AvgIpc) is 3.22. The monoisotopic (exact) mass is 354 g/mol. The first-order valence-corrected chi connectivity index (χ1v) is 9.20. The van der Waals surface area contributed by atoms with E-state index < -0.39 is 0 Å². The standard InChI is InChI=1S/C21H26N2O3/c1-14-12-17(6-8-20(14)23-10-4-5-11-23)22-21(25)9-7-18-13-19(15(2)24)16(3)26-18/h6,8,12-13H,4-5,7,9-11H2,1-3H3,(H,22,25). The van der Waals surface area contributed by atoms with Gasteiger partial charge in [0.2, 0.25) is 5.91 Å². The second-order valence-corrected chi connectivity index (χ2v) is 6.98. The van der Waals surface area contributed by atoms with Crippen LogP contribution in [0.2, 0.25) is 0 Å². The van der Waals surface area contributed by atoms with E-state index in [1.165, 1.54) is 31.0 Å². The molecule has 5 nitrogen and oxygen atoms in total. The van der Waals surface area contributed by atoms with E-state index in [1.807, 2.05) is 12.1 Å². The smallest absolute Gasteiger partial charge is 0.224 e. The van der Waals surface area contributed by atoms with Crippen LogP contribution in [0.25, 0.3) is 0 Å². The van der Waals surface area contributed by atoms with Crippen LogP contribution in [0.1, 0.15) is 53.6 Å².